The zero-order chi connectivity index (χ0) is 14.4. The molecule has 1 unspecified atom stereocenters. The van der Waals surface area contributed by atoms with E-state index in [0.717, 1.165) is 32.1 Å². The maximum absolute atomic E-state index is 13.3. The number of hydrogen-bond donors (Lipinski definition) is 2. The minimum Gasteiger partial charge on any atom is -0.379 e. The number of carbonyl (C=O) groups excluding carboxylic acids is 1. The van der Waals surface area contributed by atoms with Crippen molar-refractivity contribution in [1.29, 1.82) is 0 Å². The Morgan fingerprint density at radius 2 is 2.45 bits per heavy atom. The van der Waals surface area contributed by atoms with Crippen LogP contribution in [-0.2, 0) is 4.74 Å². The van der Waals surface area contributed by atoms with Crippen LogP contribution >= 0.6 is 0 Å². The summed E-state index contributed by atoms with van der Waals surface area (Å²) < 4.78 is 18.6. The van der Waals surface area contributed by atoms with Crippen LogP contribution in [-0.4, -0.2) is 36.7 Å². The van der Waals surface area contributed by atoms with Crippen LogP contribution in [0, 0.1) is 5.82 Å². The monoisotopic (exact) mass is 281 g/mol. The third-order valence-corrected chi connectivity index (χ3v) is 3.14. The number of nitrogens with one attached hydrogen (secondary N) is 2. The van der Waals surface area contributed by atoms with Gasteiger partial charge in [0.2, 0.25) is 0 Å². The van der Waals surface area contributed by atoms with Crippen LogP contribution in [0.1, 0.15) is 36.5 Å². The van der Waals surface area contributed by atoms with Crippen LogP contribution in [0.2, 0.25) is 0 Å². The van der Waals surface area contributed by atoms with E-state index in [2.05, 4.69) is 15.6 Å². The molecule has 1 fully saturated rings. The van der Waals surface area contributed by atoms with Crippen LogP contribution in [0.25, 0.3) is 0 Å². The van der Waals surface area contributed by atoms with Crippen LogP contribution in [0.15, 0.2) is 12.3 Å². The third-order valence-electron chi connectivity index (χ3n) is 3.14. The van der Waals surface area contributed by atoms with E-state index in [-0.39, 0.29) is 17.5 Å². The summed E-state index contributed by atoms with van der Waals surface area (Å²) in [5.74, 6) is -0.411. The number of rotatable bonds is 5. The Bertz CT molecular complexity index is 462. The molecule has 2 N–H and O–H groups in total. The fraction of sp³-hybridized carbons (Fsp3) is 0.571. The summed E-state index contributed by atoms with van der Waals surface area (Å²) in [6, 6.07) is 1.20. The first-order chi connectivity index (χ1) is 9.70. The highest BCUT2D eigenvalue weighted by atomic mass is 19.1. The van der Waals surface area contributed by atoms with E-state index >= 15 is 0 Å². The molecule has 1 aromatic heterocycles. The lowest BCUT2D eigenvalue weighted by Gasteiger charge is -2.23. The molecule has 0 saturated carbocycles. The Labute approximate surface area is 117 Å². The number of pyridine rings is 1. The van der Waals surface area contributed by atoms with Crippen molar-refractivity contribution in [3.63, 3.8) is 0 Å². The molecule has 0 bridgehead atoms. The molecule has 1 saturated heterocycles. The van der Waals surface area contributed by atoms with Gasteiger partial charge in [0, 0.05) is 13.2 Å². The molecule has 2 heterocycles. The average Bonchev–Trinajstić information content (AvgIpc) is 2.47. The Kier molecular flexibility index (Phi) is 5.29. The number of aromatic nitrogens is 1. The first-order valence-electron chi connectivity index (χ1n) is 6.98. The Morgan fingerprint density at radius 3 is 3.15 bits per heavy atom. The van der Waals surface area contributed by atoms with Gasteiger partial charge in [0.15, 0.2) is 0 Å². The molecule has 1 atom stereocenters. The summed E-state index contributed by atoms with van der Waals surface area (Å²) in [4.78, 5) is 16.2. The average molecular weight is 281 g/mol. The number of hydrogen-bond acceptors (Lipinski definition) is 4. The second-order valence-electron chi connectivity index (χ2n) is 4.86. The highest BCUT2D eigenvalue weighted by Gasteiger charge is 2.20. The molecule has 110 valence electrons. The maximum Gasteiger partial charge on any atom is 0.255 e. The van der Waals surface area contributed by atoms with E-state index in [4.69, 9.17) is 4.74 Å². The van der Waals surface area contributed by atoms with Gasteiger partial charge in [-0.2, -0.15) is 0 Å². The number of anilines is 1. The maximum atomic E-state index is 13.3. The Hall–Kier alpha value is -1.69. The summed E-state index contributed by atoms with van der Waals surface area (Å²) in [6.45, 7) is 3.94. The van der Waals surface area contributed by atoms with Crippen molar-refractivity contribution in [2.75, 3.05) is 25.1 Å². The van der Waals surface area contributed by atoms with E-state index in [9.17, 15) is 9.18 Å². The number of nitrogens with zero attached hydrogens (tertiary/aromatic N) is 1. The number of carbonyl (C=O) groups is 1. The SMILES string of the molecule is CCCNc1ncc(F)cc1C(=O)NC1CCCOC1. The molecule has 2 rings (SSSR count). The van der Waals surface area contributed by atoms with Crippen LogP contribution in [0.3, 0.4) is 0 Å². The molecule has 1 aliphatic rings. The van der Waals surface area contributed by atoms with Crippen molar-refractivity contribution in [3.05, 3.63) is 23.6 Å². The largest absolute Gasteiger partial charge is 0.379 e. The lowest BCUT2D eigenvalue weighted by Crippen LogP contribution is -2.41. The van der Waals surface area contributed by atoms with Crippen molar-refractivity contribution in [1.82, 2.24) is 10.3 Å². The second kappa shape index (κ2) is 7.19. The summed E-state index contributed by atoms with van der Waals surface area (Å²) in [6.07, 6.45) is 3.81. The van der Waals surface area contributed by atoms with E-state index in [0.29, 0.717) is 19.0 Å². The fourth-order valence-corrected chi connectivity index (χ4v) is 2.11. The molecule has 6 heteroatoms. The van der Waals surface area contributed by atoms with Gasteiger partial charge in [-0.1, -0.05) is 6.92 Å². The zero-order valence-corrected chi connectivity index (χ0v) is 11.6. The van der Waals surface area contributed by atoms with E-state index in [1.807, 2.05) is 6.92 Å². The lowest BCUT2D eigenvalue weighted by atomic mass is 10.1. The van der Waals surface area contributed by atoms with E-state index in [1.165, 1.54) is 6.07 Å². The molecule has 0 aromatic carbocycles. The number of halogens is 1. The zero-order valence-electron chi connectivity index (χ0n) is 11.6. The molecular weight excluding hydrogens is 261 g/mol. The van der Waals surface area contributed by atoms with Gasteiger partial charge in [-0.05, 0) is 25.3 Å². The molecule has 0 spiro atoms. The fourth-order valence-electron chi connectivity index (χ4n) is 2.11. The van der Waals surface area contributed by atoms with Crippen molar-refractivity contribution in [2.24, 2.45) is 0 Å². The van der Waals surface area contributed by atoms with Gasteiger partial charge in [0.25, 0.3) is 5.91 Å². The Morgan fingerprint density at radius 1 is 1.60 bits per heavy atom. The van der Waals surface area contributed by atoms with Gasteiger partial charge in [-0.15, -0.1) is 0 Å². The quantitative estimate of drug-likeness (QED) is 0.866. The molecular formula is C14H20FN3O2. The second-order valence-corrected chi connectivity index (χ2v) is 4.86. The van der Waals surface area contributed by atoms with Crippen LogP contribution < -0.4 is 10.6 Å². The molecule has 20 heavy (non-hydrogen) atoms. The number of ether oxygens (including phenoxy) is 1. The predicted molar refractivity (Wildman–Crippen MR) is 74.3 cm³/mol. The van der Waals surface area contributed by atoms with Crippen LogP contribution in [0.5, 0.6) is 0 Å². The van der Waals surface area contributed by atoms with Crippen LogP contribution in [0.4, 0.5) is 10.2 Å². The van der Waals surface area contributed by atoms with Gasteiger partial charge >= 0.3 is 0 Å². The third kappa shape index (κ3) is 3.90. The minimum absolute atomic E-state index is 0.0152. The molecule has 1 amide bonds. The molecule has 0 aliphatic carbocycles. The first kappa shape index (κ1) is 14.7. The predicted octanol–water partition coefficient (Wildman–Crippen LogP) is 1.95. The van der Waals surface area contributed by atoms with Gasteiger partial charge in [-0.25, -0.2) is 9.37 Å². The molecule has 1 aromatic rings. The standard InChI is InChI=1S/C14H20FN3O2/c1-2-5-16-13-12(7-10(15)8-17-13)14(19)18-11-4-3-6-20-9-11/h7-8,11H,2-6,9H2,1H3,(H,16,17)(H,18,19). The minimum atomic E-state index is -0.517. The highest BCUT2D eigenvalue weighted by molar-refractivity contribution is 5.98. The van der Waals surface area contributed by atoms with Crippen molar-refractivity contribution in [2.45, 2.75) is 32.2 Å². The summed E-state index contributed by atoms with van der Waals surface area (Å²) >= 11 is 0. The van der Waals surface area contributed by atoms with Gasteiger partial charge in [0.1, 0.15) is 11.6 Å². The summed E-state index contributed by atoms with van der Waals surface area (Å²) in [5, 5.41) is 5.91. The van der Waals surface area contributed by atoms with E-state index in [1.54, 1.807) is 0 Å². The lowest BCUT2D eigenvalue weighted by molar-refractivity contribution is 0.0624. The summed E-state index contributed by atoms with van der Waals surface area (Å²) in [5.41, 5.74) is 0.240. The van der Waals surface area contributed by atoms with E-state index < -0.39 is 5.82 Å². The van der Waals surface area contributed by atoms with Gasteiger partial charge in [-0.3, -0.25) is 4.79 Å². The normalized spacial score (nSPS) is 18.6. The molecule has 1 aliphatic heterocycles. The van der Waals surface area contributed by atoms with Crippen molar-refractivity contribution in [3.8, 4) is 0 Å². The topological polar surface area (TPSA) is 63.2 Å². The van der Waals surface area contributed by atoms with Gasteiger partial charge < -0.3 is 15.4 Å². The van der Waals surface area contributed by atoms with Crippen molar-refractivity contribution >= 4 is 11.7 Å². The molecule has 5 nitrogen and oxygen atoms in total. The van der Waals surface area contributed by atoms with Gasteiger partial charge in [0.05, 0.1) is 24.4 Å². The molecule has 0 radical (unpaired) electrons. The highest BCUT2D eigenvalue weighted by Crippen LogP contribution is 2.15. The Balaban J connectivity index is 2.08. The first-order valence-corrected chi connectivity index (χ1v) is 6.98. The number of amides is 1. The smallest absolute Gasteiger partial charge is 0.255 e. The summed E-state index contributed by atoms with van der Waals surface area (Å²) in [7, 11) is 0. The van der Waals surface area contributed by atoms with Crippen molar-refractivity contribution < 1.29 is 13.9 Å².